The fourth-order valence-corrected chi connectivity index (χ4v) is 4.21. The van der Waals surface area contributed by atoms with Crippen LogP contribution in [0.25, 0.3) is 10.2 Å². The van der Waals surface area contributed by atoms with Gasteiger partial charge < -0.3 is 15.5 Å². The lowest BCUT2D eigenvalue weighted by Gasteiger charge is -2.34. The van der Waals surface area contributed by atoms with Crippen molar-refractivity contribution >= 4 is 39.2 Å². The first-order chi connectivity index (χ1) is 13.9. The zero-order valence-corrected chi connectivity index (χ0v) is 18.5. The number of anilines is 1. The van der Waals surface area contributed by atoms with Gasteiger partial charge in [-0.2, -0.15) is 0 Å². The van der Waals surface area contributed by atoms with Crippen LogP contribution < -0.4 is 10.6 Å². The molecule has 158 valence electrons. The van der Waals surface area contributed by atoms with Gasteiger partial charge in [0.05, 0.1) is 21.8 Å². The largest absolute Gasteiger partial charge is 0.353 e. The number of nitrogens with one attached hydrogen (secondary N) is 2. The number of rotatable bonds is 6. The molecule has 1 aliphatic heterocycles. The van der Waals surface area contributed by atoms with Gasteiger partial charge in [0.1, 0.15) is 0 Å². The molecule has 1 aromatic carbocycles. The highest BCUT2D eigenvalue weighted by Gasteiger charge is 2.23. The van der Waals surface area contributed by atoms with Crippen LogP contribution in [0.15, 0.2) is 18.2 Å². The van der Waals surface area contributed by atoms with Crippen molar-refractivity contribution in [3.05, 3.63) is 23.2 Å². The first-order valence-corrected chi connectivity index (χ1v) is 11.2. The first kappa shape index (κ1) is 21.5. The van der Waals surface area contributed by atoms with Crippen LogP contribution >= 0.6 is 11.3 Å². The van der Waals surface area contributed by atoms with E-state index in [0.29, 0.717) is 38.6 Å². The predicted octanol–water partition coefficient (Wildman–Crippen LogP) is 3.48. The number of benzene rings is 1. The van der Waals surface area contributed by atoms with Crippen LogP contribution in [0.2, 0.25) is 0 Å². The molecule has 2 heterocycles. The monoisotopic (exact) mass is 417 g/mol. The van der Waals surface area contributed by atoms with Crippen molar-refractivity contribution in [3.8, 4) is 0 Å². The molecule has 0 aliphatic carbocycles. The number of amides is 3. The second kappa shape index (κ2) is 9.54. The summed E-state index contributed by atoms with van der Waals surface area (Å²) in [6.07, 6.45) is 0.922. The van der Waals surface area contributed by atoms with Crippen LogP contribution in [0, 0.1) is 0 Å². The molecule has 0 bridgehead atoms. The molecule has 3 amide bonds. The SMILES string of the molecule is CCC(C)NC(=O)CN1CCN(C(=O)Nc2ccc3nc(C(C)C)sc3c2)CC1. The summed E-state index contributed by atoms with van der Waals surface area (Å²) in [5, 5.41) is 7.10. The summed E-state index contributed by atoms with van der Waals surface area (Å²) in [6, 6.07) is 5.95. The molecule has 0 radical (unpaired) electrons. The number of hydrogen-bond donors (Lipinski definition) is 2. The van der Waals surface area contributed by atoms with Crippen LogP contribution in [0.4, 0.5) is 10.5 Å². The fourth-order valence-electron chi connectivity index (χ4n) is 3.20. The smallest absolute Gasteiger partial charge is 0.321 e. The third-order valence-corrected chi connectivity index (χ3v) is 6.52. The van der Waals surface area contributed by atoms with Gasteiger partial charge in [0, 0.05) is 43.8 Å². The van der Waals surface area contributed by atoms with Crippen LogP contribution in [0.5, 0.6) is 0 Å². The van der Waals surface area contributed by atoms with E-state index in [1.54, 1.807) is 16.2 Å². The molecule has 1 fully saturated rings. The average Bonchev–Trinajstić information content (AvgIpc) is 3.12. The van der Waals surface area contributed by atoms with E-state index in [9.17, 15) is 9.59 Å². The molecule has 1 atom stereocenters. The Labute approximate surface area is 176 Å². The highest BCUT2D eigenvalue weighted by atomic mass is 32.1. The number of piperazine rings is 1. The lowest BCUT2D eigenvalue weighted by molar-refractivity contribution is -0.123. The van der Waals surface area contributed by atoms with E-state index in [1.807, 2.05) is 25.1 Å². The van der Waals surface area contributed by atoms with Crippen molar-refractivity contribution in [1.82, 2.24) is 20.1 Å². The van der Waals surface area contributed by atoms with Crippen LogP contribution in [-0.2, 0) is 4.79 Å². The molecule has 0 spiro atoms. The van der Waals surface area contributed by atoms with Gasteiger partial charge in [-0.1, -0.05) is 20.8 Å². The Morgan fingerprint density at radius 3 is 2.55 bits per heavy atom. The Balaban J connectivity index is 1.50. The molecule has 7 nitrogen and oxygen atoms in total. The van der Waals surface area contributed by atoms with Crippen molar-refractivity contribution in [2.75, 3.05) is 38.0 Å². The molecule has 1 unspecified atom stereocenters. The molecular formula is C21H31N5O2S. The normalized spacial score (nSPS) is 16.2. The van der Waals surface area contributed by atoms with Crippen molar-refractivity contribution in [2.24, 2.45) is 0 Å². The van der Waals surface area contributed by atoms with Gasteiger partial charge in [-0.15, -0.1) is 11.3 Å². The minimum atomic E-state index is -0.0957. The fraction of sp³-hybridized carbons (Fsp3) is 0.571. The zero-order chi connectivity index (χ0) is 21.0. The van der Waals surface area contributed by atoms with Gasteiger partial charge >= 0.3 is 6.03 Å². The van der Waals surface area contributed by atoms with E-state index in [1.165, 1.54) is 0 Å². The number of urea groups is 1. The minimum absolute atomic E-state index is 0.0517. The standard InChI is InChI=1S/C21H31N5O2S/c1-5-15(4)22-19(27)13-25-8-10-26(11-9-25)21(28)23-16-6-7-17-18(12-16)29-20(24-17)14(2)3/h6-7,12,14-15H,5,8-11,13H2,1-4H3,(H,22,27)(H,23,28). The number of carbonyl (C=O) groups is 2. The van der Waals surface area contributed by atoms with E-state index in [0.717, 1.165) is 27.3 Å². The number of aromatic nitrogens is 1. The van der Waals surface area contributed by atoms with E-state index >= 15 is 0 Å². The number of hydrogen-bond acceptors (Lipinski definition) is 5. The number of thiazole rings is 1. The summed E-state index contributed by atoms with van der Waals surface area (Å²) in [5.74, 6) is 0.449. The Morgan fingerprint density at radius 1 is 1.17 bits per heavy atom. The molecule has 1 aliphatic rings. The van der Waals surface area contributed by atoms with Gasteiger partial charge in [0.15, 0.2) is 0 Å². The summed E-state index contributed by atoms with van der Waals surface area (Å²) in [7, 11) is 0. The Morgan fingerprint density at radius 2 is 1.90 bits per heavy atom. The van der Waals surface area contributed by atoms with E-state index in [-0.39, 0.29) is 18.0 Å². The summed E-state index contributed by atoms with van der Waals surface area (Å²) in [5.41, 5.74) is 1.76. The first-order valence-electron chi connectivity index (χ1n) is 10.3. The zero-order valence-electron chi connectivity index (χ0n) is 17.7. The second-order valence-electron chi connectivity index (χ2n) is 7.96. The summed E-state index contributed by atoms with van der Waals surface area (Å²) in [4.78, 5) is 33.2. The Bertz CT molecular complexity index is 858. The number of fused-ring (bicyclic) bond motifs is 1. The number of carbonyl (C=O) groups excluding carboxylic acids is 2. The lowest BCUT2D eigenvalue weighted by Crippen LogP contribution is -2.52. The molecule has 8 heteroatoms. The molecule has 1 aromatic heterocycles. The van der Waals surface area contributed by atoms with Crippen molar-refractivity contribution in [1.29, 1.82) is 0 Å². The summed E-state index contributed by atoms with van der Waals surface area (Å²) in [6.45, 7) is 11.3. The highest BCUT2D eigenvalue weighted by molar-refractivity contribution is 7.18. The summed E-state index contributed by atoms with van der Waals surface area (Å²) >= 11 is 1.67. The second-order valence-corrected chi connectivity index (χ2v) is 9.02. The average molecular weight is 418 g/mol. The predicted molar refractivity (Wildman–Crippen MR) is 119 cm³/mol. The van der Waals surface area contributed by atoms with Crippen molar-refractivity contribution in [2.45, 2.75) is 46.1 Å². The van der Waals surface area contributed by atoms with E-state index < -0.39 is 0 Å². The van der Waals surface area contributed by atoms with Gasteiger partial charge in [0.2, 0.25) is 5.91 Å². The molecule has 3 rings (SSSR count). The van der Waals surface area contributed by atoms with E-state index in [4.69, 9.17) is 0 Å². The summed E-state index contributed by atoms with van der Waals surface area (Å²) < 4.78 is 1.09. The third kappa shape index (κ3) is 5.67. The molecule has 29 heavy (non-hydrogen) atoms. The highest BCUT2D eigenvalue weighted by Crippen LogP contribution is 2.29. The van der Waals surface area contributed by atoms with Crippen molar-refractivity contribution in [3.63, 3.8) is 0 Å². The van der Waals surface area contributed by atoms with Crippen molar-refractivity contribution < 1.29 is 9.59 Å². The quantitative estimate of drug-likeness (QED) is 0.754. The Hall–Kier alpha value is -2.19. The van der Waals surface area contributed by atoms with Crippen LogP contribution in [0.1, 0.15) is 45.0 Å². The molecule has 0 saturated carbocycles. The molecule has 1 saturated heterocycles. The van der Waals surface area contributed by atoms with Gasteiger partial charge in [-0.05, 0) is 31.5 Å². The minimum Gasteiger partial charge on any atom is -0.353 e. The third-order valence-electron chi connectivity index (χ3n) is 5.20. The van der Waals surface area contributed by atoms with Gasteiger partial charge in [-0.25, -0.2) is 9.78 Å². The van der Waals surface area contributed by atoms with Gasteiger partial charge in [0.25, 0.3) is 0 Å². The molecule has 2 N–H and O–H groups in total. The van der Waals surface area contributed by atoms with Crippen LogP contribution in [0.3, 0.4) is 0 Å². The molecular weight excluding hydrogens is 386 g/mol. The number of nitrogens with zero attached hydrogens (tertiary/aromatic N) is 3. The molecule has 2 aromatic rings. The maximum Gasteiger partial charge on any atom is 0.321 e. The Kier molecular flexibility index (Phi) is 7.08. The lowest BCUT2D eigenvalue weighted by atomic mass is 10.2. The maximum atomic E-state index is 12.6. The van der Waals surface area contributed by atoms with Gasteiger partial charge in [-0.3, -0.25) is 9.69 Å². The topological polar surface area (TPSA) is 77.6 Å². The van der Waals surface area contributed by atoms with Crippen LogP contribution in [-0.4, -0.2) is 65.5 Å². The maximum absolute atomic E-state index is 12.6. The van der Waals surface area contributed by atoms with E-state index in [2.05, 4.69) is 41.3 Å².